The lowest BCUT2D eigenvalue weighted by molar-refractivity contribution is 0.163. The zero-order valence-corrected chi connectivity index (χ0v) is 6.85. The topological polar surface area (TPSA) is 33.0 Å². The van der Waals surface area contributed by atoms with E-state index in [0.29, 0.717) is 6.61 Å². The van der Waals surface area contributed by atoms with Crippen LogP contribution in [0.25, 0.3) is 0 Å². The number of rotatable bonds is 5. The van der Waals surface area contributed by atoms with Gasteiger partial charge in [-0.25, -0.2) is 0 Å². The summed E-state index contributed by atoms with van der Waals surface area (Å²) >= 11 is 3.30. The molecule has 0 heterocycles. The molecule has 0 N–H and O–H groups in total. The van der Waals surface area contributed by atoms with Crippen molar-refractivity contribution in [2.75, 3.05) is 18.5 Å². The van der Waals surface area contributed by atoms with Crippen molar-refractivity contribution in [1.82, 2.24) is 0 Å². The summed E-state index contributed by atoms with van der Waals surface area (Å²) in [4.78, 5) is 0. The lowest BCUT2D eigenvalue weighted by Gasteiger charge is -1.95. The summed E-state index contributed by atoms with van der Waals surface area (Å²) in [6, 6.07) is 1.91. The number of nitriles is 1. The first-order valence-electron chi connectivity index (χ1n) is 2.92. The van der Waals surface area contributed by atoms with E-state index in [1.807, 2.05) is 6.07 Å². The number of nitrogens with zero attached hydrogens (tertiary/aromatic N) is 1. The average molecular weight is 192 g/mol. The van der Waals surface area contributed by atoms with E-state index in [4.69, 9.17) is 10.00 Å². The molecule has 0 unspecified atom stereocenters. The van der Waals surface area contributed by atoms with Crippen LogP contribution in [-0.2, 0) is 4.74 Å². The normalized spacial score (nSPS) is 8.89. The summed E-state index contributed by atoms with van der Waals surface area (Å²) in [7, 11) is 0. The fourth-order valence-corrected chi connectivity index (χ4v) is 0.813. The van der Waals surface area contributed by atoms with Gasteiger partial charge in [0.1, 0.15) is 6.61 Å². The Morgan fingerprint density at radius 2 is 2.22 bits per heavy atom. The van der Waals surface area contributed by atoms with Crippen molar-refractivity contribution >= 4 is 15.9 Å². The largest absolute Gasteiger partial charge is 0.367 e. The molecular formula is C6H10BrNO. The van der Waals surface area contributed by atoms with Crippen molar-refractivity contribution in [3.05, 3.63) is 0 Å². The molecular weight excluding hydrogens is 182 g/mol. The number of unbranched alkanes of at least 4 members (excludes halogenated alkanes) is 1. The maximum Gasteiger partial charge on any atom is 0.133 e. The van der Waals surface area contributed by atoms with E-state index in [1.165, 1.54) is 0 Å². The second kappa shape index (κ2) is 7.93. The van der Waals surface area contributed by atoms with Gasteiger partial charge in [-0.1, -0.05) is 15.9 Å². The molecule has 0 fully saturated rings. The molecule has 9 heavy (non-hydrogen) atoms. The molecule has 0 atom stereocenters. The standard InChI is InChI=1S/C6H10BrNO/c7-3-1-2-5-9-6-4-8/h1-3,5-6H2. The molecule has 0 aliphatic rings. The van der Waals surface area contributed by atoms with Gasteiger partial charge < -0.3 is 4.74 Å². The fourth-order valence-electron chi connectivity index (χ4n) is 0.416. The molecule has 0 bridgehead atoms. The molecule has 0 rings (SSSR count). The Morgan fingerprint density at radius 1 is 1.44 bits per heavy atom. The Balaban J connectivity index is 2.69. The second-order valence-electron chi connectivity index (χ2n) is 1.61. The first-order chi connectivity index (χ1) is 4.41. The Kier molecular flexibility index (Phi) is 7.87. The predicted octanol–water partition coefficient (Wildman–Crippen LogP) is 1.70. The number of ether oxygens (including phenoxy) is 1. The van der Waals surface area contributed by atoms with Crippen molar-refractivity contribution in [2.45, 2.75) is 12.8 Å². The lowest BCUT2D eigenvalue weighted by Crippen LogP contribution is -1.94. The number of hydrogen-bond donors (Lipinski definition) is 0. The van der Waals surface area contributed by atoms with Crippen LogP contribution >= 0.6 is 15.9 Å². The molecule has 0 amide bonds. The van der Waals surface area contributed by atoms with Crippen LogP contribution in [-0.4, -0.2) is 18.5 Å². The monoisotopic (exact) mass is 191 g/mol. The Labute approximate surface area is 63.9 Å². The quantitative estimate of drug-likeness (QED) is 0.490. The van der Waals surface area contributed by atoms with Crippen LogP contribution in [0.15, 0.2) is 0 Å². The lowest BCUT2D eigenvalue weighted by atomic mass is 10.4. The molecule has 3 heteroatoms. The zero-order valence-electron chi connectivity index (χ0n) is 5.27. The van der Waals surface area contributed by atoms with Gasteiger partial charge in [0, 0.05) is 11.9 Å². The van der Waals surface area contributed by atoms with Gasteiger partial charge in [-0.2, -0.15) is 5.26 Å². The van der Waals surface area contributed by atoms with Gasteiger partial charge in [-0.05, 0) is 12.8 Å². The molecule has 0 aromatic rings. The third-order valence-electron chi connectivity index (χ3n) is 0.839. The third-order valence-corrected chi connectivity index (χ3v) is 1.40. The van der Waals surface area contributed by atoms with Crippen LogP contribution in [0.4, 0.5) is 0 Å². The minimum absolute atomic E-state index is 0.224. The van der Waals surface area contributed by atoms with E-state index in [2.05, 4.69) is 15.9 Å². The van der Waals surface area contributed by atoms with Gasteiger partial charge >= 0.3 is 0 Å². The van der Waals surface area contributed by atoms with Crippen molar-refractivity contribution in [3.8, 4) is 6.07 Å². The van der Waals surface area contributed by atoms with Gasteiger partial charge in [0.15, 0.2) is 0 Å². The highest BCUT2D eigenvalue weighted by atomic mass is 79.9. The van der Waals surface area contributed by atoms with E-state index >= 15 is 0 Å². The van der Waals surface area contributed by atoms with Gasteiger partial charge in [0.2, 0.25) is 0 Å². The Hall–Kier alpha value is -0.0700. The number of halogens is 1. The minimum Gasteiger partial charge on any atom is -0.367 e. The first-order valence-corrected chi connectivity index (χ1v) is 4.04. The molecule has 0 aromatic heterocycles. The highest BCUT2D eigenvalue weighted by molar-refractivity contribution is 9.09. The summed E-state index contributed by atoms with van der Waals surface area (Å²) in [6.45, 7) is 0.932. The van der Waals surface area contributed by atoms with Crippen molar-refractivity contribution in [3.63, 3.8) is 0 Å². The van der Waals surface area contributed by atoms with Crippen LogP contribution < -0.4 is 0 Å². The summed E-state index contributed by atoms with van der Waals surface area (Å²) in [6.07, 6.45) is 2.15. The van der Waals surface area contributed by atoms with Crippen LogP contribution in [0.3, 0.4) is 0 Å². The van der Waals surface area contributed by atoms with Gasteiger partial charge in [0.25, 0.3) is 0 Å². The number of hydrogen-bond acceptors (Lipinski definition) is 2. The predicted molar refractivity (Wildman–Crippen MR) is 39.5 cm³/mol. The molecule has 0 aromatic carbocycles. The maximum atomic E-state index is 8.04. The third kappa shape index (κ3) is 7.93. The van der Waals surface area contributed by atoms with E-state index in [0.717, 1.165) is 18.2 Å². The van der Waals surface area contributed by atoms with Crippen LogP contribution in [0.5, 0.6) is 0 Å². The second-order valence-corrected chi connectivity index (χ2v) is 2.40. The van der Waals surface area contributed by atoms with Gasteiger partial charge in [-0.15, -0.1) is 0 Å². The van der Waals surface area contributed by atoms with Crippen molar-refractivity contribution < 1.29 is 4.74 Å². The SMILES string of the molecule is N#CCOCCCCBr. The van der Waals surface area contributed by atoms with E-state index < -0.39 is 0 Å². The van der Waals surface area contributed by atoms with E-state index in [1.54, 1.807) is 0 Å². The highest BCUT2D eigenvalue weighted by Gasteiger charge is 1.85. The highest BCUT2D eigenvalue weighted by Crippen LogP contribution is 1.93. The molecule has 0 saturated carbocycles. The van der Waals surface area contributed by atoms with E-state index in [-0.39, 0.29) is 6.61 Å². The average Bonchev–Trinajstić information content (AvgIpc) is 1.89. The van der Waals surface area contributed by atoms with Crippen LogP contribution in [0, 0.1) is 11.3 Å². The molecule has 0 aliphatic heterocycles. The van der Waals surface area contributed by atoms with E-state index in [9.17, 15) is 0 Å². The minimum atomic E-state index is 0.224. The molecule has 0 spiro atoms. The smallest absolute Gasteiger partial charge is 0.133 e. The molecule has 52 valence electrons. The van der Waals surface area contributed by atoms with Crippen molar-refractivity contribution in [1.29, 1.82) is 5.26 Å². The summed E-state index contributed by atoms with van der Waals surface area (Å²) < 4.78 is 4.90. The molecule has 0 saturated heterocycles. The maximum absolute atomic E-state index is 8.04. The zero-order chi connectivity index (χ0) is 6.95. The number of alkyl halides is 1. The summed E-state index contributed by atoms with van der Waals surface area (Å²) in [5, 5.41) is 9.06. The van der Waals surface area contributed by atoms with Crippen LogP contribution in [0.2, 0.25) is 0 Å². The van der Waals surface area contributed by atoms with Gasteiger partial charge in [0.05, 0.1) is 6.07 Å². The summed E-state index contributed by atoms with van der Waals surface area (Å²) in [5.41, 5.74) is 0. The fraction of sp³-hybridized carbons (Fsp3) is 0.833. The molecule has 0 radical (unpaired) electrons. The molecule has 2 nitrogen and oxygen atoms in total. The Bertz CT molecular complexity index is 89.5. The first kappa shape index (κ1) is 8.93. The van der Waals surface area contributed by atoms with Gasteiger partial charge in [-0.3, -0.25) is 0 Å². The molecule has 0 aliphatic carbocycles. The van der Waals surface area contributed by atoms with Crippen molar-refractivity contribution in [2.24, 2.45) is 0 Å². The summed E-state index contributed by atoms with van der Waals surface area (Å²) in [5.74, 6) is 0. The Morgan fingerprint density at radius 3 is 2.78 bits per heavy atom. The van der Waals surface area contributed by atoms with Crippen LogP contribution in [0.1, 0.15) is 12.8 Å².